The number of nitrogens with one attached hydrogen (secondary N) is 1. The van der Waals surface area contributed by atoms with E-state index in [1.807, 2.05) is 0 Å². The van der Waals surface area contributed by atoms with Crippen LogP contribution in [0.1, 0.15) is 85.0 Å². The predicted octanol–water partition coefficient (Wildman–Crippen LogP) is 1.22. The maximum atomic E-state index is 12.3. The van der Waals surface area contributed by atoms with Crippen molar-refractivity contribution in [2.75, 3.05) is 18.9 Å². The van der Waals surface area contributed by atoms with Gasteiger partial charge in [0, 0.05) is 13.0 Å². The molecule has 0 aromatic rings. The second-order valence-electron chi connectivity index (χ2n) is 15.4. The summed E-state index contributed by atoms with van der Waals surface area (Å²) in [5.74, 6) is 1.29. The first-order chi connectivity index (χ1) is 21.1. The third kappa shape index (κ3) is 6.98. The van der Waals surface area contributed by atoms with E-state index >= 15 is 0 Å². The molecule has 1 saturated heterocycles. The van der Waals surface area contributed by atoms with Crippen LogP contribution in [0, 0.1) is 46.3 Å². The Morgan fingerprint density at radius 3 is 2.36 bits per heavy atom. The van der Waals surface area contributed by atoms with Crippen molar-refractivity contribution in [1.29, 1.82) is 0 Å². The summed E-state index contributed by atoms with van der Waals surface area (Å²) < 4.78 is 42.5. The first-order valence-electron chi connectivity index (χ1n) is 16.9. The first kappa shape index (κ1) is 35.4. The number of hydrogen-bond acceptors (Lipinski definition) is 10. The molecule has 1 amide bonds. The molecule has 5 rings (SSSR count). The highest BCUT2D eigenvalue weighted by atomic mass is 32.2. The molecule has 13 heteroatoms. The van der Waals surface area contributed by atoms with Gasteiger partial charge in [-0.25, -0.2) is 0 Å². The second-order valence-corrected chi connectivity index (χ2v) is 17.0. The molecule has 5 fully saturated rings. The topological polar surface area (TPSA) is 203 Å². The Hall–Kier alpha value is -0.900. The maximum Gasteiger partial charge on any atom is 0.266 e. The minimum Gasteiger partial charge on any atom is -0.394 e. The summed E-state index contributed by atoms with van der Waals surface area (Å²) in [6, 6.07) is 0. The number of aliphatic hydroxyl groups is 5. The minimum absolute atomic E-state index is 0.0459. The van der Waals surface area contributed by atoms with Crippen molar-refractivity contribution in [3.05, 3.63) is 0 Å². The molecule has 15 atom stereocenters. The quantitative estimate of drug-likeness (QED) is 0.131. The SMILES string of the molecule is C[C@H](CCC(=O)NCCS(=O)(=O)O)[C@H]1CC[C@H]2[C@@H]3[C@H](O)C[C@@H]4C[C@H](O[C@@H]5O[C@H](CO)[C@@H](O)[C@H](O)[C@H]5O)CC[C@]4(C)[C@H]3CC[C@]12C. The van der Waals surface area contributed by atoms with Crippen LogP contribution in [0.3, 0.4) is 0 Å². The van der Waals surface area contributed by atoms with Crippen molar-refractivity contribution in [3.63, 3.8) is 0 Å². The van der Waals surface area contributed by atoms with E-state index in [1.165, 1.54) is 0 Å². The zero-order chi connectivity index (χ0) is 32.9. The first-order valence-corrected chi connectivity index (χ1v) is 18.6. The minimum atomic E-state index is -4.11. The van der Waals surface area contributed by atoms with E-state index in [1.54, 1.807) is 0 Å². The van der Waals surface area contributed by atoms with Gasteiger partial charge in [-0.2, -0.15) is 8.42 Å². The molecule has 45 heavy (non-hydrogen) atoms. The molecule has 260 valence electrons. The maximum absolute atomic E-state index is 12.3. The summed E-state index contributed by atoms with van der Waals surface area (Å²) in [6.45, 7) is 6.38. The molecule has 5 aliphatic rings. The van der Waals surface area contributed by atoms with Crippen molar-refractivity contribution >= 4 is 16.0 Å². The summed E-state index contributed by atoms with van der Waals surface area (Å²) in [7, 11) is -4.11. The van der Waals surface area contributed by atoms with Crippen LogP contribution in [-0.4, -0.2) is 106 Å². The fraction of sp³-hybridized carbons (Fsp3) is 0.969. The average molecular weight is 662 g/mol. The van der Waals surface area contributed by atoms with Gasteiger partial charge in [-0.3, -0.25) is 9.35 Å². The lowest BCUT2D eigenvalue weighted by Crippen LogP contribution is -2.61. The van der Waals surface area contributed by atoms with Gasteiger partial charge >= 0.3 is 0 Å². The molecular weight excluding hydrogens is 606 g/mol. The number of fused-ring (bicyclic) bond motifs is 5. The van der Waals surface area contributed by atoms with E-state index in [2.05, 4.69) is 26.1 Å². The van der Waals surface area contributed by atoms with E-state index in [4.69, 9.17) is 14.0 Å². The number of rotatable bonds is 10. The molecule has 7 N–H and O–H groups in total. The molecule has 0 radical (unpaired) electrons. The monoisotopic (exact) mass is 661 g/mol. The third-order valence-electron chi connectivity index (χ3n) is 13.1. The molecule has 0 bridgehead atoms. The molecule has 1 heterocycles. The van der Waals surface area contributed by atoms with Crippen LogP contribution in [0.4, 0.5) is 0 Å². The van der Waals surface area contributed by atoms with Gasteiger partial charge in [-0.15, -0.1) is 0 Å². The number of aliphatic hydroxyl groups excluding tert-OH is 5. The van der Waals surface area contributed by atoms with E-state index in [9.17, 15) is 38.7 Å². The second kappa shape index (κ2) is 13.5. The van der Waals surface area contributed by atoms with E-state index in [-0.39, 0.29) is 41.2 Å². The number of carbonyl (C=O) groups is 1. The zero-order valence-electron chi connectivity index (χ0n) is 26.8. The van der Waals surface area contributed by atoms with E-state index < -0.39 is 59.3 Å². The highest BCUT2D eigenvalue weighted by molar-refractivity contribution is 7.85. The number of hydrogen-bond donors (Lipinski definition) is 7. The Kier molecular flexibility index (Phi) is 10.7. The fourth-order valence-electron chi connectivity index (χ4n) is 10.6. The summed E-state index contributed by atoms with van der Waals surface area (Å²) >= 11 is 0. The summed E-state index contributed by atoms with van der Waals surface area (Å²) in [5, 5.41) is 54.7. The van der Waals surface area contributed by atoms with Crippen LogP contribution in [0.15, 0.2) is 0 Å². The van der Waals surface area contributed by atoms with Gasteiger partial charge in [0.05, 0.1) is 24.6 Å². The largest absolute Gasteiger partial charge is 0.394 e. The molecule has 0 aromatic carbocycles. The van der Waals surface area contributed by atoms with Crippen molar-refractivity contribution in [2.24, 2.45) is 46.3 Å². The summed E-state index contributed by atoms with van der Waals surface area (Å²) in [5.41, 5.74) is 0.125. The van der Waals surface area contributed by atoms with Crippen LogP contribution in [0.5, 0.6) is 0 Å². The van der Waals surface area contributed by atoms with Gasteiger partial charge in [-0.1, -0.05) is 20.8 Å². The molecule has 0 aromatic heterocycles. The molecule has 12 nitrogen and oxygen atoms in total. The summed E-state index contributed by atoms with van der Waals surface area (Å²) in [6.07, 6.45) is 1.20. The van der Waals surface area contributed by atoms with Crippen LogP contribution < -0.4 is 5.32 Å². The smallest absolute Gasteiger partial charge is 0.266 e. The predicted molar refractivity (Wildman–Crippen MR) is 163 cm³/mol. The number of ether oxygens (including phenoxy) is 2. The van der Waals surface area contributed by atoms with Crippen LogP contribution in [0.25, 0.3) is 0 Å². The standard InChI is InChI=1S/C32H55NO11S/c1-17(4-7-25(36)33-12-13-45(40,41)42)20-5-6-21-26-22(9-11-32(20,21)3)31(2)10-8-19(14-18(31)15-23(26)35)43-30-29(39)28(38)27(37)24(16-34)44-30/h17-24,26-30,34-35,37-39H,4-16H2,1-3H3,(H,33,36)(H,40,41,42)/t17-,18+,19-,20-,21+,22+,23-,24-,26+,27-,28+,29-,30-,31+,32-/m1/s1. The highest BCUT2D eigenvalue weighted by Gasteiger charge is 2.63. The lowest BCUT2D eigenvalue weighted by molar-refractivity contribution is -0.317. The van der Waals surface area contributed by atoms with Gasteiger partial charge in [0.2, 0.25) is 5.91 Å². The van der Waals surface area contributed by atoms with Crippen molar-refractivity contribution in [2.45, 2.75) is 128 Å². The molecular formula is C32H55NO11S. The van der Waals surface area contributed by atoms with Gasteiger partial charge in [0.25, 0.3) is 10.1 Å². The van der Waals surface area contributed by atoms with E-state index in [0.717, 1.165) is 38.5 Å². The lowest BCUT2D eigenvalue weighted by atomic mass is 9.43. The third-order valence-corrected chi connectivity index (χ3v) is 13.8. The Morgan fingerprint density at radius 2 is 1.67 bits per heavy atom. The Labute approximate surface area is 267 Å². The van der Waals surface area contributed by atoms with Crippen LogP contribution >= 0.6 is 0 Å². The Morgan fingerprint density at radius 1 is 0.978 bits per heavy atom. The zero-order valence-corrected chi connectivity index (χ0v) is 27.6. The molecule has 0 spiro atoms. The fourth-order valence-corrected chi connectivity index (χ4v) is 11.0. The van der Waals surface area contributed by atoms with Gasteiger partial charge in [0.15, 0.2) is 6.29 Å². The van der Waals surface area contributed by atoms with Crippen molar-refractivity contribution in [1.82, 2.24) is 5.32 Å². The lowest BCUT2D eigenvalue weighted by Gasteiger charge is -2.62. The Balaban J connectivity index is 1.19. The van der Waals surface area contributed by atoms with Crippen LogP contribution in [-0.2, 0) is 24.4 Å². The summed E-state index contributed by atoms with van der Waals surface area (Å²) in [4.78, 5) is 12.3. The normalized spacial score (nSPS) is 47.3. The van der Waals surface area contributed by atoms with Crippen molar-refractivity contribution < 1.29 is 52.8 Å². The molecule has 1 aliphatic heterocycles. The van der Waals surface area contributed by atoms with Crippen LogP contribution in [0.2, 0.25) is 0 Å². The van der Waals surface area contributed by atoms with Gasteiger partial charge in [0.1, 0.15) is 24.4 Å². The average Bonchev–Trinajstić information content (AvgIpc) is 3.33. The Bertz CT molecular complexity index is 1150. The highest BCUT2D eigenvalue weighted by Crippen LogP contribution is 2.68. The molecule has 4 saturated carbocycles. The molecule has 0 unspecified atom stereocenters. The molecule has 4 aliphatic carbocycles. The number of carbonyl (C=O) groups excluding carboxylic acids is 1. The van der Waals surface area contributed by atoms with Gasteiger partial charge < -0.3 is 40.3 Å². The van der Waals surface area contributed by atoms with Crippen molar-refractivity contribution in [3.8, 4) is 0 Å². The number of amides is 1. The van der Waals surface area contributed by atoms with Gasteiger partial charge in [-0.05, 0) is 104 Å². The van der Waals surface area contributed by atoms with E-state index in [0.29, 0.717) is 49.4 Å².